The van der Waals surface area contributed by atoms with Crippen molar-refractivity contribution in [3.05, 3.63) is 64.2 Å². The van der Waals surface area contributed by atoms with Gasteiger partial charge in [-0.15, -0.1) is 0 Å². The molecule has 0 aliphatic heterocycles. The number of carboxylic acid groups (broad SMARTS) is 1. The molecule has 0 bridgehead atoms. The number of benzene rings is 2. The van der Waals surface area contributed by atoms with Gasteiger partial charge in [-0.25, -0.2) is 4.79 Å². The van der Waals surface area contributed by atoms with E-state index in [9.17, 15) is 9.59 Å². The summed E-state index contributed by atoms with van der Waals surface area (Å²) >= 11 is 5.98. The lowest BCUT2D eigenvalue weighted by molar-refractivity contribution is 0.0698. The third-order valence-electron chi connectivity index (χ3n) is 2.96. The number of carbonyl (C=O) groups excluding carboxylic acids is 1. The van der Waals surface area contributed by atoms with E-state index < -0.39 is 11.9 Å². The number of nitrogens with one attached hydrogen (secondary N) is 1. The van der Waals surface area contributed by atoms with Crippen molar-refractivity contribution in [1.29, 1.82) is 0 Å². The SMILES string of the molecule is NCc1ccccc1C(=O)Nc1c(Cl)cccc1C(=O)O. The molecule has 21 heavy (non-hydrogen) atoms. The Labute approximate surface area is 126 Å². The van der Waals surface area contributed by atoms with Gasteiger partial charge in [0.15, 0.2) is 0 Å². The van der Waals surface area contributed by atoms with E-state index in [4.69, 9.17) is 22.4 Å². The van der Waals surface area contributed by atoms with Gasteiger partial charge in [-0.3, -0.25) is 4.79 Å². The summed E-state index contributed by atoms with van der Waals surface area (Å²) in [6, 6.07) is 11.2. The Kier molecular flexibility index (Phi) is 4.57. The Morgan fingerprint density at radius 3 is 2.43 bits per heavy atom. The molecule has 4 N–H and O–H groups in total. The number of carbonyl (C=O) groups is 2. The summed E-state index contributed by atoms with van der Waals surface area (Å²) in [5.41, 5.74) is 6.64. The second-order valence-electron chi connectivity index (χ2n) is 4.28. The molecule has 0 atom stereocenters. The molecule has 0 saturated heterocycles. The summed E-state index contributed by atoms with van der Waals surface area (Å²) < 4.78 is 0. The van der Waals surface area contributed by atoms with E-state index in [2.05, 4.69) is 5.32 Å². The van der Waals surface area contributed by atoms with Crippen LogP contribution in [0, 0.1) is 0 Å². The average Bonchev–Trinajstić information content (AvgIpc) is 2.48. The maximum atomic E-state index is 12.3. The van der Waals surface area contributed by atoms with Gasteiger partial charge in [0.05, 0.1) is 16.3 Å². The molecule has 2 aromatic rings. The van der Waals surface area contributed by atoms with Gasteiger partial charge in [0.2, 0.25) is 0 Å². The Hall–Kier alpha value is -2.37. The van der Waals surface area contributed by atoms with Crippen LogP contribution in [0.5, 0.6) is 0 Å². The largest absolute Gasteiger partial charge is 0.478 e. The van der Waals surface area contributed by atoms with Crippen molar-refractivity contribution in [2.75, 3.05) is 5.32 Å². The molecule has 0 fully saturated rings. The van der Waals surface area contributed by atoms with E-state index in [0.717, 1.165) is 0 Å². The lowest BCUT2D eigenvalue weighted by Crippen LogP contribution is -2.18. The van der Waals surface area contributed by atoms with Crippen molar-refractivity contribution >= 4 is 29.2 Å². The minimum atomic E-state index is -1.17. The van der Waals surface area contributed by atoms with Crippen molar-refractivity contribution < 1.29 is 14.7 Å². The number of anilines is 1. The molecular weight excluding hydrogens is 292 g/mol. The highest BCUT2D eigenvalue weighted by atomic mass is 35.5. The molecule has 2 rings (SSSR count). The van der Waals surface area contributed by atoms with E-state index >= 15 is 0 Å². The smallest absolute Gasteiger partial charge is 0.337 e. The maximum Gasteiger partial charge on any atom is 0.337 e. The second-order valence-corrected chi connectivity index (χ2v) is 4.69. The van der Waals surface area contributed by atoms with Crippen molar-refractivity contribution in [2.24, 2.45) is 5.73 Å². The van der Waals surface area contributed by atoms with Gasteiger partial charge in [-0.05, 0) is 23.8 Å². The number of aromatic carboxylic acids is 1. The minimum absolute atomic E-state index is 0.0684. The first-order valence-electron chi connectivity index (χ1n) is 6.15. The fourth-order valence-corrected chi connectivity index (χ4v) is 2.15. The number of halogens is 1. The number of para-hydroxylation sites is 1. The van der Waals surface area contributed by atoms with Gasteiger partial charge < -0.3 is 16.2 Å². The van der Waals surface area contributed by atoms with E-state index in [0.29, 0.717) is 11.1 Å². The van der Waals surface area contributed by atoms with Crippen LogP contribution in [0.15, 0.2) is 42.5 Å². The van der Waals surface area contributed by atoms with E-state index in [-0.39, 0.29) is 22.8 Å². The summed E-state index contributed by atoms with van der Waals surface area (Å²) in [7, 11) is 0. The number of nitrogens with two attached hydrogens (primary N) is 1. The topological polar surface area (TPSA) is 92.4 Å². The highest BCUT2D eigenvalue weighted by molar-refractivity contribution is 6.34. The zero-order valence-corrected chi connectivity index (χ0v) is 11.7. The first-order chi connectivity index (χ1) is 10.0. The quantitative estimate of drug-likeness (QED) is 0.809. The highest BCUT2D eigenvalue weighted by Gasteiger charge is 2.17. The molecule has 0 aromatic heterocycles. The Morgan fingerprint density at radius 2 is 1.76 bits per heavy atom. The number of hydrogen-bond acceptors (Lipinski definition) is 3. The normalized spacial score (nSPS) is 10.2. The lowest BCUT2D eigenvalue weighted by Gasteiger charge is -2.12. The first-order valence-corrected chi connectivity index (χ1v) is 6.53. The Balaban J connectivity index is 2.38. The van der Waals surface area contributed by atoms with Crippen molar-refractivity contribution in [3.8, 4) is 0 Å². The predicted molar refractivity (Wildman–Crippen MR) is 80.7 cm³/mol. The van der Waals surface area contributed by atoms with Crippen LogP contribution in [0.2, 0.25) is 5.02 Å². The fraction of sp³-hybridized carbons (Fsp3) is 0.0667. The van der Waals surface area contributed by atoms with Crippen LogP contribution >= 0.6 is 11.6 Å². The summed E-state index contributed by atoms with van der Waals surface area (Å²) in [6.07, 6.45) is 0. The summed E-state index contributed by atoms with van der Waals surface area (Å²) in [6.45, 7) is 0.206. The number of carboxylic acids is 1. The summed E-state index contributed by atoms with van der Waals surface area (Å²) in [5.74, 6) is -1.62. The fourth-order valence-electron chi connectivity index (χ4n) is 1.93. The standard InChI is InChI=1S/C15H13ClN2O3/c16-12-7-3-6-11(15(20)21)13(12)18-14(19)10-5-2-1-4-9(10)8-17/h1-7H,8,17H2,(H,18,19)(H,20,21). The molecule has 0 heterocycles. The molecule has 6 heteroatoms. The average molecular weight is 305 g/mol. The van der Waals surface area contributed by atoms with Gasteiger partial charge in [-0.2, -0.15) is 0 Å². The van der Waals surface area contributed by atoms with Crippen LogP contribution in [0.25, 0.3) is 0 Å². The lowest BCUT2D eigenvalue weighted by atomic mass is 10.1. The molecule has 1 amide bonds. The molecule has 0 aliphatic carbocycles. The van der Waals surface area contributed by atoms with Gasteiger partial charge in [0, 0.05) is 12.1 Å². The highest BCUT2D eigenvalue weighted by Crippen LogP contribution is 2.27. The van der Waals surface area contributed by atoms with Crippen LogP contribution < -0.4 is 11.1 Å². The van der Waals surface area contributed by atoms with Gasteiger partial charge in [-0.1, -0.05) is 35.9 Å². The summed E-state index contributed by atoms with van der Waals surface area (Å²) in [5, 5.41) is 11.8. The molecule has 0 radical (unpaired) electrons. The zero-order valence-electron chi connectivity index (χ0n) is 11.0. The van der Waals surface area contributed by atoms with Crippen LogP contribution in [0.1, 0.15) is 26.3 Å². The van der Waals surface area contributed by atoms with Crippen LogP contribution in [-0.4, -0.2) is 17.0 Å². The van der Waals surface area contributed by atoms with Gasteiger partial charge in [0.25, 0.3) is 5.91 Å². The van der Waals surface area contributed by atoms with Crippen molar-refractivity contribution in [2.45, 2.75) is 6.54 Å². The monoisotopic (exact) mass is 304 g/mol. The van der Waals surface area contributed by atoms with Crippen LogP contribution in [0.3, 0.4) is 0 Å². The van der Waals surface area contributed by atoms with E-state index in [1.54, 1.807) is 24.3 Å². The minimum Gasteiger partial charge on any atom is -0.478 e. The molecule has 108 valence electrons. The summed E-state index contributed by atoms with van der Waals surface area (Å²) in [4.78, 5) is 23.5. The Bertz CT molecular complexity index is 701. The molecule has 0 saturated carbocycles. The van der Waals surface area contributed by atoms with Crippen LogP contribution in [0.4, 0.5) is 5.69 Å². The molecule has 0 aliphatic rings. The maximum absolute atomic E-state index is 12.3. The van der Waals surface area contributed by atoms with Crippen molar-refractivity contribution in [3.63, 3.8) is 0 Å². The molecule has 0 unspecified atom stereocenters. The first kappa shape index (κ1) is 15.0. The molecule has 5 nitrogen and oxygen atoms in total. The Morgan fingerprint density at radius 1 is 1.10 bits per heavy atom. The third-order valence-corrected chi connectivity index (χ3v) is 3.28. The zero-order chi connectivity index (χ0) is 15.4. The number of amides is 1. The molecular formula is C15H13ClN2O3. The van der Waals surface area contributed by atoms with Crippen molar-refractivity contribution in [1.82, 2.24) is 0 Å². The molecule has 2 aromatic carbocycles. The van der Waals surface area contributed by atoms with Gasteiger partial charge >= 0.3 is 5.97 Å². The second kappa shape index (κ2) is 6.39. The predicted octanol–water partition coefficient (Wildman–Crippen LogP) is 2.75. The third kappa shape index (κ3) is 3.21. The van der Waals surface area contributed by atoms with Gasteiger partial charge in [0.1, 0.15) is 0 Å². The number of hydrogen-bond donors (Lipinski definition) is 3. The molecule has 0 spiro atoms. The van der Waals surface area contributed by atoms with Crippen LogP contribution in [-0.2, 0) is 6.54 Å². The van der Waals surface area contributed by atoms with E-state index in [1.165, 1.54) is 18.2 Å². The van der Waals surface area contributed by atoms with E-state index in [1.807, 2.05) is 0 Å². The number of rotatable bonds is 4.